The third kappa shape index (κ3) is 6.45. The molecule has 1 aliphatic rings. The van der Waals surface area contributed by atoms with Crippen LogP contribution in [0, 0.1) is 5.92 Å². The third-order valence-electron chi connectivity index (χ3n) is 6.64. The monoisotopic (exact) mass is 627 g/mol. The molecule has 216 valence electrons. The summed E-state index contributed by atoms with van der Waals surface area (Å²) in [5.41, 5.74) is 0.210. The molecule has 1 aliphatic heterocycles. The Morgan fingerprint density at radius 2 is 1.88 bits per heavy atom. The van der Waals surface area contributed by atoms with Gasteiger partial charge in [0.1, 0.15) is 16.1 Å². The van der Waals surface area contributed by atoms with Gasteiger partial charge in [0.15, 0.2) is 0 Å². The van der Waals surface area contributed by atoms with Crippen LogP contribution in [0.15, 0.2) is 69.1 Å². The Labute approximate surface area is 243 Å². The van der Waals surface area contributed by atoms with Gasteiger partial charge in [-0.15, -0.1) is 11.3 Å². The van der Waals surface area contributed by atoms with Gasteiger partial charge in [-0.3, -0.25) is 9.52 Å². The van der Waals surface area contributed by atoms with Crippen LogP contribution in [0.25, 0.3) is 0 Å². The highest BCUT2D eigenvalue weighted by atomic mass is 35.5. The summed E-state index contributed by atoms with van der Waals surface area (Å²) in [4.78, 5) is 15.1. The van der Waals surface area contributed by atoms with Crippen molar-refractivity contribution in [1.82, 2.24) is 9.21 Å². The van der Waals surface area contributed by atoms with E-state index in [4.69, 9.17) is 16.3 Å². The average molecular weight is 628 g/mol. The molecule has 10 nitrogen and oxygen atoms in total. The minimum absolute atomic E-state index is 0.00131. The number of anilines is 1. The summed E-state index contributed by atoms with van der Waals surface area (Å²) in [5, 5.41) is 11.9. The van der Waals surface area contributed by atoms with Crippen molar-refractivity contribution in [1.29, 1.82) is 0 Å². The van der Waals surface area contributed by atoms with E-state index in [1.807, 2.05) is 6.92 Å². The van der Waals surface area contributed by atoms with E-state index in [9.17, 15) is 26.7 Å². The molecular weight excluding hydrogens is 598 g/mol. The lowest BCUT2D eigenvalue weighted by Crippen LogP contribution is -2.50. The molecule has 2 aromatic carbocycles. The summed E-state index contributed by atoms with van der Waals surface area (Å²) in [7, 11) is -6.27. The number of benzene rings is 2. The lowest BCUT2D eigenvalue weighted by molar-refractivity contribution is 0.0387. The van der Waals surface area contributed by atoms with Gasteiger partial charge in [0.25, 0.3) is 26.0 Å². The maximum absolute atomic E-state index is 13.6. The second kappa shape index (κ2) is 12.0. The van der Waals surface area contributed by atoms with Crippen LogP contribution in [0.5, 0.6) is 5.75 Å². The fourth-order valence-corrected chi connectivity index (χ4v) is 7.81. The van der Waals surface area contributed by atoms with Crippen molar-refractivity contribution in [3.05, 3.63) is 70.6 Å². The number of likely N-dealkylation sites (N-methyl/N-ethyl adjacent to an activating group) is 1. The number of halogens is 1. The minimum Gasteiger partial charge on any atom is -0.488 e. The Hall–Kier alpha value is -2.68. The number of hydrogen-bond acceptors (Lipinski definition) is 8. The van der Waals surface area contributed by atoms with Gasteiger partial charge in [-0.25, -0.2) is 16.8 Å². The molecule has 40 heavy (non-hydrogen) atoms. The quantitative estimate of drug-likeness (QED) is 0.369. The number of ether oxygens (including phenoxy) is 1. The van der Waals surface area contributed by atoms with Crippen molar-refractivity contribution in [2.24, 2.45) is 5.92 Å². The molecule has 0 bridgehead atoms. The molecule has 0 radical (unpaired) electrons. The molecule has 0 unspecified atom stereocenters. The smallest absolute Gasteiger partial charge is 0.261 e. The molecule has 1 amide bonds. The molecular formula is C26H30ClN3O7S3. The van der Waals surface area contributed by atoms with Crippen LogP contribution in [0.3, 0.4) is 0 Å². The average Bonchev–Trinajstić information content (AvgIpc) is 3.47. The topological polar surface area (TPSA) is 133 Å². The Bertz CT molecular complexity index is 1560. The SMILES string of the molecule is C[C@H](CO)N1C[C@H](C)[C@H](CN(C)S(=O)(=O)c2cccs2)Oc2ccc(NS(=O)(=O)c3ccc(Cl)cc3)cc2C1=O. The number of carbonyl (C=O) groups is 1. The predicted octanol–water partition coefficient (Wildman–Crippen LogP) is 3.74. The summed E-state index contributed by atoms with van der Waals surface area (Å²) in [6, 6.07) is 12.6. The van der Waals surface area contributed by atoms with Crippen LogP contribution in [-0.2, 0) is 20.0 Å². The standard InChI is InChI=1S/C26H30ClN3O7S3/c1-17-14-30(18(2)16-31)26(32)22-13-20(28-39(33,34)21-9-6-19(27)7-10-21)8-11-23(22)37-24(17)15-29(3)40(35,36)25-5-4-12-38-25/h4-13,17-18,24,28,31H,14-16H2,1-3H3/t17-,18+,24-/m0/s1. The van der Waals surface area contributed by atoms with Gasteiger partial charge in [0.2, 0.25) is 0 Å². The molecule has 3 atom stereocenters. The lowest BCUT2D eigenvalue weighted by Gasteiger charge is -2.38. The number of hydrogen-bond donors (Lipinski definition) is 2. The van der Waals surface area contributed by atoms with E-state index in [0.717, 1.165) is 11.3 Å². The summed E-state index contributed by atoms with van der Waals surface area (Å²) in [6.45, 7) is 3.43. The summed E-state index contributed by atoms with van der Waals surface area (Å²) >= 11 is 6.99. The lowest BCUT2D eigenvalue weighted by atomic mass is 9.99. The Balaban J connectivity index is 1.68. The van der Waals surface area contributed by atoms with Crippen molar-refractivity contribution in [2.75, 3.05) is 31.5 Å². The molecule has 3 aromatic rings. The molecule has 2 heterocycles. The van der Waals surface area contributed by atoms with Crippen molar-refractivity contribution < 1.29 is 31.5 Å². The number of nitrogens with zero attached hydrogens (tertiary/aromatic N) is 2. The van der Waals surface area contributed by atoms with Crippen LogP contribution in [0.4, 0.5) is 5.69 Å². The first-order valence-corrected chi connectivity index (χ1v) is 16.5. The fourth-order valence-electron chi connectivity index (χ4n) is 4.25. The van der Waals surface area contributed by atoms with Crippen molar-refractivity contribution in [2.45, 2.75) is 35.1 Å². The number of rotatable bonds is 9. The zero-order valence-electron chi connectivity index (χ0n) is 22.0. The first-order chi connectivity index (χ1) is 18.8. The van der Waals surface area contributed by atoms with Crippen molar-refractivity contribution in [3.63, 3.8) is 0 Å². The molecule has 0 saturated heterocycles. The number of carbonyl (C=O) groups excluding carboxylic acids is 1. The van der Waals surface area contributed by atoms with Gasteiger partial charge in [-0.2, -0.15) is 4.31 Å². The molecule has 2 N–H and O–H groups in total. The molecule has 0 aliphatic carbocycles. The van der Waals surface area contributed by atoms with Crippen LogP contribution in [0.1, 0.15) is 24.2 Å². The molecule has 0 spiro atoms. The fraction of sp³-hybridized carbons (Fsp3) is 0.346. The maximum Gasteiger partial charge on any atom is 0.261 e. The molecule has 1 aromatic heterocycles. The highest BCUT2D eigenvalue weighted by Crippen LogP contribution is 2.32. The second-order valence-corrected chi connectivity index (χ2v) is 14.9. The minimum atomic E-state index is -3.99. The van der Waals surface area contributed by atoms with Gasteiger partial charge in [-0.05, 0) is 60.8 Å². The van der Waals surface area contributed by atoms with Gasteiger partial charge in [-0.1, -0.05) is 24.6 Å². The summed E-state index contributed by atoms with van der Waals surface area (Å²) in [5.74, 6) is -0.586. The largest absolute Gasteiger partial charge is 0.488 e. The van der Waals surface area contributed by atoms with E-state index in [0.29, 0.717) is 5.02 Å². The molecule has 14 heteroatoms. The zero-order chi connectivity index (χ0) is 29.2. The van der Waals surface area contributed by atoms with Gasteiger partial charge in [0, 0.05) is 30.2 Å². The van der Waals surface area contributed by atoms with Crippen LogP contribution in [-0.4, -0.2) is 75.9 Å². The predicted molar refractivity (Wildman–Crippen MR) is 154 cm³/mol. The van der Waals surface area contributed by atoms with E-state index in [1.54, 1.807) is 18.4 Å². The van der Waals surface area contributed by atoms with E-state index >= 15 is 0 Å². The van der Waals surface area contributed by atoms with Crippen LogP contribution >= 0.6 is 22.9 Å². The maximum atomic E-state index is 13.6. The number of aliphatic hydroxyl groups excluding tert-OH is 1. The third-order valence-corrected chi connectivity index (χ3v) is 11.5. The number of thiophene rings is 1. The number of fused-ring (bicyclic) bond motifs is 1. The van der Waals surface area contributed by atoms with Crippen LogP contribution in [0.2, 0.25) is 5.02 Å². The van der Waals surface area contributed by atoms with Crippen molar-refractivity contribution in [3.8, 4) is 5.75 Å². The number of amides is 1. The summed E-state index contributed by atoms with van der Waals surface area (Å²) < 4.78 is 62.2. The number of sulfonamides is 2. The van der Waals surface area contributed by atoms with E-state index in [-0.39, 0.29) is 51.7 Å². The van der Waals surface area contributed by atoms with Crippen molar-refractivity contribution >= 4 is 54.6 Å². The van der Waals surface area contributed by atoms with Gasteiger partial charge < -0.3 is 14.7 Å². The number of aliphatic hydroxyl groups is 1. The van der Waals surface area contributed by atoms with Crippen LogP contribution < -0.4 is 9.46 Å². The first-order valence-electron chi connectivity index (χ1n) is 12.3. The zero-order valence-corrected chi connectivity index (χ0v) is 25.2. The molecule has 0 fully saturated rings. The Kier molecular flexibility index (Phi) is 9.12. The second-order valence-electron chi connectivity index (χ2n) is 9.61. The van der Waals surface area contributed by atoms with E-state index < -0.39 is 38.1 Å². The number of nitrogens with one attached hydrogen (secondary N) is 1. The Morgan fingerprint density at radius 1 is 1.18 bits per heavy atom. The Morgan fingerprint density at radius 3 is 2.50 bits per heavy atom. The molecule has 4 rings (SSSR count). The van der Waals surface area contributed by atoms with Gasteiger partial charge in [0.05, 0.1) is 29.7 Å². The normalized spacial score (nSPS) is 18.9. The van der Waals surface area contributed by atoms with Gasteiger partial charge >= 0.3 is 0 Å². The first kappa shape index (κ1) is 30.3. The van der Waals surface area contributed by atoms with E-state index in [2.05, 4.69) is 4.72 Å². The van der Waals surface area contributed by atoms with E-state index in [1.165, 1.54) is 64.8 Å². The molecule has 0 saturated carbocycles. The highest BCUT2D eigenvalue weighted by Gasteiger charge is 2.35. The highest BCUT2D eigenvalue weighted by molar-refractivity contribution is 7.92. The summed E-state index contributed by atoms with van der Waals surface area (Å²) in [6.07, 6.45) is -0.656.